The van der Waals surface area contributed by atoms with E-state index in [1.54, 1.807) is 6.20 Å². The number of aromatic nitrogens is 3. The number of aryl methyl sites for hydroxylation is 2. The van der Waals surface area contributed by atoms with Crippen LogP contribution in [0, 0.1) is 39.1 Å². The Bertz CT molecular complexity index is 2180. The van der Waals surface area contributed by atoms with Gasteiger partial charge < -0.3 is 19.0 Å². The average Bonchev–Trinajstić information content (AvgIpc) is 3.49. The molecule has 0 amide bonds. The van der Waals surface area contributed by atoms with Crippen LogP contribution in [0.1, 0.15) is 11.4 Å². The topological polar surface area (TPSA) is 42.8 Å². The number of para-hydroxylation sites is 1. The summed E-state index contributed by atoms with van der Waals surface area (Å²) in [5.74, 6) is 0. The molecule has 0 saturated carbocycles. The largest absolute Gasteiger partial charge is 0.500 e. The maximum Gasteiger partial charge on any atom is 0.120 e. The first-order chi connectivity index (χ1) is 22.6. The quantitative estimate of drug-likeness (QED) is 0.132. The monoisotopic (exact) mass is 787 g/mol. The van der Waals surface area contributed by atoms with Crippen LogP contribution in [0.3, 0.4) is 0 Å². The summed E-state index contributed by atoms with van der Waals surface area (Å²) >= 11 is 0. The minimum atomic E-state index is 0. The van der Waals surface area contributed by atoms with Gasteiger partial charge in [0.15, 0.2) is 0 Å². The van der Waals surface area contributed by atoms with Gasteiger partial charge in [-0.25, -0.2) is 0 Å². The summed E-state index contributed by atoms with van der Waals surface area (Å²) in [5.41, 5.74) is 10.1. The van der Waals surface area contributed by atoms with Gasteiger partial charge in [0.05, 0.1) is 11.3 Å². The zero-order valence-electron chi connectivity index (χ0n) is 26.1. The van der Waals surface area contributed by atoms with Crippen molar-refractivity contribution in [1.29, 1.82) is 0 Å². The molecule has 0 bridgehead atoms. The van der Waals surface area contributed by atoms with Crippen molar-refractivity contribution in [3.05, 3.63) is 182 Å². The normalized spacial score (nSPS) is 10.3. The Morgan fingerprint density at radius 3 is 2.04 bits per heavy atom. The Kier molecular flexibility index (Phi) is 11.1. The van der Waals surface area contributed by atoms with Crippen molar-refractivity contribution >= 4 is 21.9 Å². The molecule has 0 saturated heterocycles. The van der Waals surface area contributed by atoms with Crippen LogP contribution in [-0.2, 0) is 20.1 Å². The standard InChI is InChI=1S/C17H10NO.C13H12N.C12H10N.Ir/c1-2-7-16-13(5-1)14-11-12(8-9-17(14)19-16)15-6-3-4-10-18-15;1-11-7-6-10-13(14(11)2)12-8-4-3-5-9-12;1-10-6-5-9-12(13-10)11-7-3-2-4-8-11;/h1-7,9-11H;3-8,10H,2H2,1H3;2-7,9H,1H3;/q3*-1;. The summed E-state index contributed by atoms with van der Waals surface area (Å²) < 4.78 is 7.71. The van der Waals surface area contributed by atoms with E-state index in [2.05, 4.69) is 47.3 Å². The minimum Gasteiger partial charge on any atom is -0.500 e. The van der Waals surface area contributed by atoms with Crippen molar-refractivity contribution in [3.63, 3.8) is 0 Å². The zero-order chi connectivity index (χ0) is 31.7. The van der Waals surface area contributed by atoms with Gasteiger partial charge in [0.25, 0.3) is 0 Å². The molecule has 8 aromatic rings. The molecule has 0 spiro atoms. The number of hydrogen-bond donors (Lipinski definition) is 0. The van der Waals surface area contributed by atoms with Crippen LogP contribution in [0.2, 0.25) is 0 Å². The van der Waals surface area contributed by atoms with Gasteiger partial charge in [-0.2, -0.15) is 0 Å². The number of rotatable bonds is 3. The molecule has 4 heterocycles. The van der Waals surface area contributed by atoms with Crippen LogP contribution in [-0.4, -0.2) is 9.97 Å². The number of nitrogens with zero attached hydrogens (tertiary/aromatic N) is 3. The Morgan fingerprint density at radius 2 is 1.32 bits per heavy atom. The molecule has 0 unspecified atom stereocenters. The Hall–Kier alpha value is -5.35. The third-order valence-electron chi connectivity index (χ3n) is 7.42. The van der Waals surface area contributed by atoms with Crippen LogP contribution in [0.25, 0.3) is 55.7 Å². The molecule has 0 aliphatic carbocycles. The Morgan fingerprint density at radius 1 is 0.617 bits per heavy atom. The number of pyridine rings is 3. The van der Waals surface area contributed by atoms with Crippen LogP contribution in [0.15, 0.2) is 150 Å². The fourth-order valence-electron chi connectivity index (χ4n) is 5.02. The van der Waals surface area contributed by atoms with Crippen molar-refractivity contribution in [2.24, 2.45) is 0 Å². The van der Waals surface area contributed by atoms with Gasteiger partial charge in [-0.15, -0.1) is 90.0 Å². The van der Waals surface area contributed by atoms with Gasteiger partial charge in [-0.1, -0.05) is 65.5 Å². The van der Waals surface area contributed by atoms with E-state index in [0.717, 1.165) is 67.1 Å². The van der Waals surface area contributed by atoms with Gasteiger partial charge in [0.1, 0.15) is 11.3 Å². The molecule has 4 aromatic heterocycles. The maximum atomic E-state index is 5.79. The van der Waals surface area contributed by atoms with E-state index in [1.807, 2.05) is 146 Å². The fraction of sp³-hybridized carbons (Fsp3) is 0.0476. The molecule has 8 rings (SSSR count). The first kappa shape index (κ1) is 33.0. The van der Waals surface area contributed by atoms with Crippen LogP contribution in [0.4, 0.5) is 0 Å². The van der Waals surface area contributed by atoms with Gasteiger partial charge in [0.2, 0.25) is 0 Å². The Labute approximate surface area is 289 Å². The maximum absolute atomic E-state index is 5.79. The molecule has 4 aromatic carbocycles. The molecule has 0 aliphatic rings. The molecule has 4 nitrogen and oxygen atoms in total. The average molecular weight is 787 g/mol. The molecule has 1 radical (unpaired) electrons. The van der Waals surface area contributed by atoms with Gasteiger partial charge in [-0.3, -0.25) is 0 Å². The first-order valence-electron chi connectivity index (χ1n) is 15.0. The van der Waals surface area contributed by atoms with Crippen molar-refractivity contribution in [3.8, 4) is 33.8 Å². The molecule has 0 N–H and O–H groups in total. The van der Waals surface area contributed by atoms with E-state index in [1.165, 1.54) is 0 Å². The van der Waals surface area contributed by atoms with Crippen LogP contribution < -0.4 is 4.57 Å². The smallest absolute Gasteiger partial charge is 0.120 e. The molecule has 5 heteroatoms. The predicted octanol–water partition coefficient (Wildman–Crippen LogP) is 9.69. The van der Waals surface area contributed by atoms with Crippen molar-refractivity contribution < 1.29 is 29.1 Å². The van der Waals surface area contributed by atoms with E-state index in [0.29, 0.717) is 0 Å². The number of hydrogen-bond acceptors (Lipinski definition) is 3. The first-order valence-corrected chi connectivity index (χ1v) is 15.0. The molecular weight excluding hydrogens is 755 g/mol. The summed E-state index contributed by atoms with van der Waals surface area (Å²) in [6.07, 6.45) is 1.79. The second kappa shape index (κ2) is 15.8. The summed E-state index contributed by atoms with van der Waals surface area (Å²) in [5, 5.41) is 2.23. The molecule has 0 atom stereocenters. The molecule has 233 valence electrons. The second-order valence-electron chi connectivity index (χ2n) is 10.6. The van der Waals surface area contributed by atoms with Crippen molar-refractivity contribution in [2.75, 3.05) is 0 Å². The summed E-state index contributed by atoms with van der Waals surface area (Å²) in [6.45, 7) is 4.03. The number of furan rings is 1. The summed E-state index contributed by atoms with van der Waals surface area (Å²) in [7, 11) is 3.99. The molecule has 47 heavy (non-hydrogen) atoms. The van der Waals surface area contributed by atoms with Crippen molar-refractivity contribution in [1.82, 2.24) is 9.97 Å². The third kappa shape index (κ3) is 8.09. The van der Waals surface area contributed by atoms with E-state index < -0.39 is 0 Å². The fourth-order valence-corrected chi connectivity index (χ4v) is 5.02. The van der Waals surface area contributed by atoms with Crippen LogP contribution >= 0.6 is 0 Å². The van der Waals surface area contributed by atoms with Gasteiger partial charge >= 0.3 is 0 Å². The molecular formula is C42H32IrN3O-3. The summed E-state index contributed by atoms with van der Waals surface area (Å²) in [4.78, 5) is 8.77. The number of benzene rings is 4. The Balaban J connectivity index is 0.000000140. The van der Waals surface area contributed by atoms with E-state index in [-0.39, 0.29) is 20.1 Å². The minimum absolute atomic E-state index is 0. The number of fused-ring (bicyclic) bond motifs is 3. The van der Waals surface area contributed by atoms with Gasteiger partial charge in [0, 0.05) is 44.4 Å². The van der Waals surface area contributed by atoms with Crippen LogP contribution in [0.5, 0.6) is 0 Å². The van der Waals surface area contributed by atoms with Gasteiger partial charge in [-0.05, 0) is 49.5 Å². The van der Waals surface area contributed by atoms with E-state index >= 15 is 0 Å². The third-order valence-corrected chi connectivity index (χ3v) is 7.42. The summed E-state index contributed by atoms with van der Waals surface area (Å²) in [6, 6.07) is 55.4. The predicted molar refractivity (Wildman–Crippen MR) is 185 cm³/mol. The van der Waals surface area contributed by atoms with E-state index in [9.17, 15) is 0 Å². The van der Waals surface area contributed by atoms with E-state index in [4.69, 9.17) is 4.42 Å². The SMILES string of the molecule is Cc1cccc(-c2[c-]cccc2)n1.[CH2-][n+]1c(C)cccc1-c1[c-]cccc1.[Ir].[c-]1cc2oc3ccccc3c2cc1-c1ccccn1. The second-order valence-corrected chi connectivity index (χ2v) is 10.6. The zero-order valence-corrected chi connectivity index (χ0v) is 28.5. The van der Waals surface area contributed by atoms with Crippen molar-refractivity contribution in [2.45, 2.75) is 13.8 Å². The molecule has 0 fully saturated rings. The molecule has 0 aliphatic heterocycles.